The van der Waals surface area contributed by atoms with Gasteiger partial charge in [0.25, 0.3) is 0 Å². The minimum atomic E-state index is -0.876. The summed E-state index contributed by atoms with van der Waals surface area (Å²) >= 11 is 0. The molecule has 0 atom stereocenters. The van der Waals surface area contributed by atoms with Gasteiger partial charge in [0.05, 0.1) is 24.3 Å². The van der Waals surface area contributed by atoms with Crippen molar-refractivity contribution in [2.75, 3.05) is 13.2 Å². The molecule has 0 radical (unpaired) electrons. The maximum Gasteiger partial charge on any atom is 0.440 e. The summed E-state index contributed by atoms with van der Waals surface area (Å²) in [6.07, 6.45) is 1.36. The molecule has 0 saturated carbocycles. The number of hydrogen-bond acceptors (Lipinski definition) is 8. The highest BCUT2D eigenvalue weighted by Gasteiger charge is 2.14. The highest BCUT2D eigenvalue weighted by molar-refractivity contribution is 5.93. The Kier molecular flexibility index (Phi) is 10.5. The topological polar surface area (TPSA) is 129 Å². The first-order valence-corrected chi connectivity index (χ1v) is 8.85. The molecule has 10 heteroatoms. The fraction of sp³-hybridized carbons (Fsp3) is 0.444. The molecule has 0 saturated heterocycles. The summed E-state index contributed by atoms with van der Waals surface area (Å²) in [5.41, 5.74) is 3.90. The standard InChI is InChI=1S/C18H24N2O8/c1-3-5-11-25-17(23)19-27-15(21)13-7-9-14(10-8-13)16(22)28-20-18(24)26-12-6-4-2/h7-10H,3-6,11-12H2,1-2H3,(H,19,23)(H,20,24). The van der Waals surface area contributed by atoms with Gasteiger partial charge in [0, 0.05) is 0 Å². The van der Waals surface area contributed by atoms with Crippen LogP contribution in [0.3, 0.4) is 0 Å². The number of unbranched alkanes of at least 4 members (excludes halogenated alkanes) is 2. The number of hydrogen-bond donors (Lipinski definition) is 2. The lowest BCUT2D eigenvalue weighted by Gasteiger charge is -2.08. The lowest BCUT2D eigenvalue weighted by molar-refractivity contribution is 0.0200. The Balaban J connectivity index is 2.40. The third-order valence-corrected chi connectivity index (χ3v) is 3.27. The van der Waals surface area contributed by atoms with E-state index in [9.17, 15) is 19.2 Å². The van der Waals surface area contributed by atoms with Gasteiger partial charge in [-0.1, -0.05) is 26.7 Å². The minimum Gasteiger partial charge on any atom is -0.447 e. The second-order valence-electron chi connectivity index (χ2n) is 5.54. The van der Waals surface area contributed by atoms with Crippen molar-refractivity contribution in [3.8, 4) is 0 Å². The molecule has 1 aromatic rings. The molecule has 0 bridgehead atoms. The van der Waals surface area contributed by atoms with E-state index in [1.54, 1.807) is 0 Å². The first-order chi connectivity index (χ1) is 13.5. The van der Waals surface area contributed by atoms with Crippen LogP contribution in [0.15, 0.2) is 24.3 Å². The normalized spacial score (nSPS) is 9.79. The predicted octanol–water partition coefficient (Wildman–Crippen LogP) is 2.88. The van der Waals surface area contributed by atoms with Gasteiger partial charge in [-0.2, -0.15) is 0 Å². The van der Waals surface area contributed by atoms with E-state index >= 15 is 0 Å². The Bertz CT molecular complexity index is 603. The summed E-state index contributed by atoms with van der Waals surface area (Å²) in [4.78, 5) is 55.4. The predicted molar refractivity (Wildman–Crippen MR) is 96.1 cm³/mol. The Labute approximate surface area is 162 Å². The Morgan fingerprint density at radius 3 is 1.39 bits per heavy atom. The van der Waals surface area contributed by atoms with Crippen LogP contribution in [0.25, 0.3) is 0 Å². The van der Waals surface area contributed by atoms with Gasteiger partial charge in [-0.05, 0) is 37.1 Å². The third kappa shape index (κ3) is 8.88. The number of carbonyl (C=O) groups excluding carboxylic acids is 4. The first-order valence-electron chi connectivity index (χ1n) is 8.85. The molecule has 10 nitrogen and oxygen atoms in total. The fourth-order valence-corrected chi connectivity index (χ4v) is 1.71. The number of amides is 2. The first kappa shape index (κ1) is 22.7. The van der Waals surface area contributed by atoms with Gasteiger partial charge in [0.15, 0.2) is 0 Å². The maximum absolute atomic E-state index is 11.8. The van der Waals surface area contributed by atoms with E-state index in [4.69, 9.17) is 9.47 Å². The molecule has 0 fully saturated rings. The van der Waals surface area contributed by atoms with Gasteiger partial charge < -0.3 is 19.1 Å². The van der Waals surface area contributed by atoms with Crippen molar-refractivity contribution in [2.45, 2.75) is 39.5 Å². The Morgan fingerprint density at radius 1 is 0.714 bits per heavy atom. The number of carbonyl (C=O) groups is 4. The molecule has 0 aliphatic heterocycles. The SMILES string of the molecule is CCCCOC(=O)NOC(=O)c1ccc(C(=O)ONC(=O)OCCCC)cc1. The van der Waals surface area contributed by atoms with Crippen LogP contribution in [0.4, 0.5) is 9.59 Å². The van der Waals surface area contributed by atoms with E-state index in [1.165, 1.54) is 24.3 Å². The highest BCUT2D eigenvalue weighted by Crippen LogP contribution is 2.07. The van der Waals surface area contributed by atoms with Gasteiger partial charge in [-0.25, -0.2) is 19.2 Å². The van der Waals surface area contributed by atoms with Crippen molar-refractivity contribution in [2.24, 2.45) is 0 Å². The number of nitrogens with one attached hydrogen (secondary N) is 2. The smallest absolute Gasteiger partial charge is 0.440 e. The average Bonchev–Trinajstić information content (AvgIpc) is 2.70. The van der Waals surface area contributed by atoms with E-state index in [2.05, 4.69) is 9.68 Å². The van der Waals surface area contributed by atoms with Crippen molar-refractivity contribution in [1.82, 2.24) is 11.0 Å². The molecule has 2 N–H and O–H groups in total. The zero-order chi connectivity index (χ0) is 20.8. The van der Waals surface area contributed by atoms with Crippen LogP contribution in [0.2, 0.25) is 0 Å². The van der Waals surface area contributed by atoms with Crippen molar-refractivity contribution >= 4 is 24.1 Å². The summed E-state index contributed by atoms with van der Waals surface area (Å²) < 4.78 is 9.53. The van der Waals surface area contributed by atoms with E-state index in [0.29, 0.717) is 12.8 Å². The number of rotatable bonds is 8. The molecular weight excluding hydrogens is 372 g/mol. The summed E-state index contributed by atoms with van der Waals surface area (Å²) in [6, 6.07) is 5.18. The van der Waals surface area contributed by atoms with Crippen molar-refractivity contribution in [3.05, 3.63) is 35.4 Å². The summed E-state index contributed by atoms with van der Waals surface area (Å²) in [7, 11) is 0. The molecular formula is C18H24N2O8. The quantitative estimate of drug-likeness (QED) is 0.390. The van der Waals surface area contributed by atoms with E-state index in [1.807, 2.05) is 24.8 Å². The van der Waals surface area contributed by atoms with E-state index in [-0.39, 0.29) is 24.3 Å². The second kappa shape index (κ2) is 13.0. The molecule has 0 aromatic heterocycles. The minimum absolute atomic E-state index is 0.0809. The summed E-state index contributed by atoms with van der Waals surface area (Å²) in [6.45, 7) is 4.32. The van der Waals surface area contributed by atoms with Crippen LogP contribution >= 0.6 is 0 Å². The lowest BCUT2D eigenvalue weighted by Crippen LogP contribution is -2.28. The maximum atomic E-state index is 11.8. The number of ether oxygens (including phenoxy) is 2. The van der Waals surface area contributed by atoms with Crippen molar-refractivity contribution in [1.29, 1.82) is 0 Å². The molecule has 0 unspecified atom stereocenters. The van der Waals surface area contributed by atoms with Gasteiger partial charge in [0.1, 0.15) is 0 Å². The van der Waals surface area contributed by atoms with Crippen LogP contribution in [0.5, 0.6) is 0 Å². The molecule has 1 rings (SSSR count). The largest absolute Gasteiger partial charge is 0.447 e. The average molecular weight is 396 g/mol. The van der Waals surface area contributed by atoms with Crippen molar-refractivity contribution in [3.63, 3.8) is 0 Å². The Morgan fingerprint density at radius 2 is 1.07 bits per heavy atom. The van der Waals surface area contributed by atoms with Crippen LogP contribution in [-0.4, -0.2) is 37.3 Å². The number of hydroxylamine groups is 2. The van der Waals surface area contributed by atoms with Crippen LogP contribution < -0.4 is 11.0 Å². The van der Waals surface area contributed by atoms with Gasteiger partial charge >= 0.3 is 24.1 Å². The van der Waals surface area contributed by atoms with Crippen LogP contribution in [0.1, 0.15) is 60.2 Å². The zero-order valence-electron chi connectivity index (χ0n) is 15.8. The van der Waals surface area contributed by atoms with E-state index < -0.39 is 24.1 Å². The van der Waals surface area contributed by atoms with Gasteiger partial charge in [-0.15, -0.1) is 11.0 Å². The van der Waals surface area contributed by atoms with Gasteiger partial charge in [0.2, 0.25) is 0 Å². The molecule has 0 heterocycles. The van der Waals surface area contributed by atoms with E-state index in [0.717, 1.165) is 12.8 Å². The molecule has 0 spiro atoms. The summed E-state index contributed by atoms with van der Waals surface area (Å²) in [5.74, 6) is -1.69. The molecule has 2 amide bonds. The Hall–Kier alpha value is -3.30. The number of benzene rings is 1. The van der Waals surface area contributed by atoms with Crippen LogP contribution in [0, 0.1) is 0 Å². The second-order valence-corrected chi connectivity index (χ2v) is 5.54. The summed E-state index contributed by atoms with van der Waals surface area (Å²) in [5, 5.41) is 0. The van der Waals surface area contributed by atoms with Crippen LogP contribution in [-0.2, 0) is 19.1 Å². The zero-order valence-corrected chi connectivity index (χ0v) is 15.8. The molecule has 0 aliphatic carbocycles. The molecule has 0 aliphatic rings. The molecule has 28 heavy (non-hydrogen) atoms. The fourth-order valence-electron chi connectivity index (χ4n) is 1.71. The van der Waals surface area contributed by atoms with Crippen molar-refractivity contribution < 1.29 is 38.3 Å². The third-order valence-electron chi connectivity index (χ3n) is 3.27. The molecule has 1 aromatic carbocycles. The lowest BCUT2D eigenvalue weighted by atomic mass is 10.1. The highest BCUT2D eigenvalue weighted by atomic mass is 16.7. The molecule has 154 valence electrons. The van der Waals surface area contributed by atoms with Gasteiger partial charge in [-0.3, -0.25) is 0 Å². The monoisotopic (exact) mass is 396 g/mol.